The number of ether oxygens (including phenoxy) is 4. The SMILES string of the molecule is CCCCCCCCCCCC(=O)OC[C@H](COP(=O)(O)OC[C@@H](O)COP(=O)(O)OC[C@@H](COC(=O)CCCCCCCCC)OC(=O)CCCCCCCCCC)OC(=O)CCCCCCCCCCCC(C)C. The van der Waals surface area contributed by atoms with Gasteiger partial charge in [0.05, 0.1) is 26.4 Å². The number of rotatable bonds is 57. The van der Waals surface area contributed by atoms with Crippen LogP contribution in [0.1, 0.15) is 279 Å². The molecule has 0 spiro atoms. The molecule has 19 heteroatoms. The van der Waals surface area contributed by atoms with Crippen LogP contribution >= 0.6 is 15.6 Å². The first-order chi connectivity index (χ1) is 36.5. The fourth-order valence-corrected chi connectivity index (χ4v) is 9.92. The van der Waals surface area contributed by atoms with Gasteiger partial charge >= 0.3 is 39.5 Å². The average Bonchev–Trinajstić information content (AvgIpc) is 3.38. The number of aliphatic hydroxyl groups is 1. The number of hydrogen-bond donors (Lipinski definition) is 3. The Bertz CT molecular complexity index is 1500. The van der Waals surface area contributed by atoms with E-state index in [1.807, 2.05) is 0 Å². The van der Waals surface area contributed by atoms with E-state index >= 15 is 0 Å². The van der Waals surface area contributed by atoms with Crippen molar-refractivity contribution in [1.29, 1.82) is 0 Å². The maximum atomic E-state index is 12.9. The third-order valence-electron chi connectivity index (χ3n) is 13.0. The standard InChI is InChI=1S/C57H110O17P2/c1-6-9-12-15-18-21-27-31-36-41-55(60)68-47-53(74-57(62)43-38-33-28-23-20-22-25-29-34-39-50(4)5)49-72-76(65,66)70-45-51(58)44-69-75(63,64)71-48-52(46-67-54(59)40-35-30-24-17-14-11-8-3)73-56(61)42-37-32-26-19-16-13-10-7-2/h50-53,58H,6-49H2,1-5H3,(H,63,64)(H,65,66)/t51-,52+,53+/m0/s1. The second-order valence-corrected chi connectivity index (χ2v) is 24.1. The first kappa shape index (κ1) is 74.1. The van der Waals surface area contributed by atoms with Crippen molar-refractivity contribution in [2.75, 3.05) is 39.6 Å². The molecule has 0 heterocycles. The highest BCUT2D eigenvalue weighted by Crippen LogP contribution is 2.45. The maximum absolute atomic E-state index is 12.9. The lowest BCUT2D eigenvalue weighted by atomic mass is 10.0. The summed E-state index contributed by atoms with van der Waals surface area (Å²) in [5.74, 6) is -1.41. The van der Waals surface area contributed by atoms with Gasteiger partial charge in [-0.3, -0.25) is 37.3 Å². The van der Waals surface area contributed by atoms with Crippen molar-refractivity contribution < 1.29 is 80.2 Å². The summed E-state index contributed by atoms with van der Waals surface area (Å²) >= 11 is 0. The zero-order chi connectivity index (χ0) is 56.4. The molecule has 76 heavy (non-hydrogen) atoms. The monoisotopic (exact) mass is 1130 g/mol. The number of unbranched alkanes of at least 4 members (excludes halogenated alkanes) is 29. The van der Waals surface area contributed by atoms with Gasteiger partial charge < -0.3 is 33.8 Å². The van der Waals surface area contributed by atoms with Crippen LogP contribution < -0.4 is 0 Å². The highest BCUT2D eigenvalue weighted by atomic mass is 31.2. The Morgan fingerprint density at radius 1 is 0.355 bits per heavy atom. The van der Waals surface area contributed by atoms with Crippen LogP contribution in [0.25, 0.3) is 0 Å². The summed E-state index contributed by atoms with van der Waals surface area (Å²) in [4.78, 5) is 71.6. The lowest BCUT2D eigenvalue weighted by molar-refractivity contribution is -0.161. The molecular formula is C57H110O17P2. The van der Waals surface area contributed by atoms with Crippen LogP contribution in [0.3, 0.4) is 0 Å². The predicted molar refractivity (Wildman–Crippen MR) is 298 cm³/mol. The molecule has 0 radical (unpaired) electrons. The molecule has 0 aromatic heterocycles. The van der Waals surface area contributed by atoms with Crippen molar-refractivity contribution in [2.24, 2.45) is 5.92 Å². The van der Waals surface area contributed by atoms with Gasteiger partial charge in [-0.15, -0.1) is 0 Å². The van der Waals surface area contributed by atoms with Crippen molar-refractivity contribution in [2.45, 2.75) is 297 Å². The van der Waals surface area contributed by atoms with Crippen LogP contribution in [0, 0.1) is 5.92 Å². The molecule has 0 aliphatic rings. The van der Waals surface area contributed by atoms with E-state index < -0.39 is 97.5 Å². The minimum Gasteiger partial charge on any atom is -0.462 e. The van der Waals surface area contributed by atoms with Gasteiger partial charge in [0.25, 0.3) is 0 Å². The normalized spacial score (nSPS) is 14.4. The van der Waals surface area contributed by atoms with E-state index in [1.54, 1.807) is 0 Å². The van der Waals surface area contributed by atoms with Gasteiger partial charge in [-0.2, -0.15) is 0 Å². The summed E-state index contributed by atoms with van der Waals surface area (Å²) in [7, 11) is -9.86. The molecule has 0 aliphatic carbocycles. The zero-order valence-electron chi connectivity index (χ0n) is 48.4. The molecule has 450 valence electrons. The zero-order valence-corrected chi connectivity index (χ0v) is 50.2. The quantitative estimate of drug-likeness (QED) is 0.0222. The molecule has 3 N–H and O–H groups in total. The Kier molecular flexibility index (Phi) is 49.9. The van der Waals surface area contributed by atoms with Gasteiger partial charge in [-0.1, -0.05) is 227 Å². The number of carbonyl (C=O) groups is 4. The lowest BCUT2D eigenvalue weighted by Crippen LogP contribution is -2.30. The van der Waals surface area contributed by atoms with Crippen molar-refractivity contribution in [3.05, 3.63) is 0 Å². The number of carbonyl (C=O) groups excluding carboxylic acids is 4. The molecule has 0 bridgehead atoms. The second-order valence-electron chi connectivity index (χ2n) is 21.2. The summed E-state index contributed by atoms with van der Waals surface area (Å²) < 4.78 is 67.5. The maximum Gasteiger partial charge on any atom is 0.472 e. The molecule has 0 amide bonds. The molecule has 0 rings (SSSR count). The number of hydrogen-bond acceptors (Lipinski definition) is 15. The van der Waals surface area contributed by atoms with E-state index in [2.05, 4.69) is 34.6 Å². The Hall–Kier alpha value is -1.94. The van der Waals surface area contributed by atoms with Crippen LogP contribution in [0.15, 0.2) is 0 Å². The lowest BCUT2D eigenvalue weighted by Gasteiger charge is -2.21. The summed E-state index contributed by atoms with van der Waals surface area (Å²) in [5.41, 5.74) is 0. The van der Waals surface area contributed by atoms with Crippen molar-refractivity contribution in [3.63, 3.8) is 0 Å². The summed E-state index contributed by atoms with van der Waals surface area (Å²) in [6, 6.07) is 0. The Labute approximate surface area is 460 Å². The number of phosphoric acid groups is 2. The van der Waals surface area contributed by atoms with Crippen LogP contribution in [-0.4, -0.2) is 96.7 Å². The van der Waals surface area contributed by atoms with Crippen LogP contribution in [0.2, 0.25) is 0 Å². The molecule has 2 unspecified atom stereocenters. The van der Waals surface area contributed by atoms with E-state index in [9.17, 15) is 43.2 Å². The van der Waals surface area contributed by atoms with Gasteiger partial charge in [-0.25, -0.2) is 9.13 Å². The topological polar surface area (TPSA) is 237 Å². The number of aliphatic hydroxyl groups excluding tert-OH is 1. The minimum absolute atomic E-state index is 0.104. The van der Waals surface area contributed by atoms with E-state index in [0.717, 1.165) is 115 Å². The van der Waals surface area contributed by atoms with Gasteiger partial charge in [0.1, 0.15) is 19.3 Å². The van der Waals surface area contributed by atoms with Gasteiger partial charge in [0, 0.05) is 25.7 Å². The third kappa shape index (κ3) is 51.5. The Balaban J connectivity index is 5.20. The third-order valence-corrected chi connectivity index (χ3v) is 14.9. The molecule has 17 nitrogen and oxygen atoms in total. The average molecular weight is 1130 g/mol. The molecule has 0 saturated carbocycles. The van der Waals surface area contributed by atoms with Crippen molar-refractivity contribution in [1.82, 2.24) is 0 Å². The predicted octanol–water partition coefficient (Wildman–Crippen LogP) is 15.1. The molecule has 0 aromatic carbocycles. The first-order valence-corrected chi connectivity index (χ1v) is 33.1. The fourth-order valence-electron chi connectivity index (χ4n) is 8.34. The first-order valence-electron chi connectivity index (χ1n) is 30.1. The molecule has 0 aliphatic heterocycles. The van der Waals surface area contributed by atoms with Gasteiger partial charge in [0.2, 0.25) is 0 Å². The largest absolute Gasteiger partial charge is 0.472 e. The highest BCUT2D eigenvalue weighted by molar-refractivity contribution is 7.47. The molecule has 0 aromatic rings. The molecule has 0 fully saturated rings. The van der Waals surface area contributed by atoms with Gasteiger partial charge in [-0.05, 0) is 31.6 Å². The number of phosphoric ester groups is 2. The highest BCUT2D eigenvalue weighted by Gasteiger charge is 2.30. The van der Waals surface area contributed by atoms with Crippen molar-refractivity contribution >= 4 is 39.5 Å². The van der Waals surface area contributed by atoms with E-state index in [0.29, 0.717) is 25.7 Å². The smallest absolute Gasteiger partial charge is 0.462 e. The molecular weight excluding hydrogens is 1020 g/mol. The summed E-state index contributed by atoms with van der Waals surface area (Å²) in [6.45, 7) is 7.03. The van der Waals surface area contributed by atoms with Crippen LogP contribution in [0.4, 0.5) is 0 Å². The second kappa shape index (κ2) is 51.2. The fraction of sp³-hybridized carbons (Fsp3) is 0.930. The van der Waals surface area contributed by atoms with Crippen LogP contribution in [-0.2, 0) is 65.4 Å². The molecule has 5 atom stereocenters. The van der Waals surface area contributed by atoms with Crippen LogP contribution in [0.5, 0.6) is 0 Å². The van der Waals surface area contributed by atoms with Crippen molar-refractivity contribution in [3.8, 4) is 0 Å². The Morgan fingerprint density at radius 2 is 0.605 bits per heavy atom. The summed E-state index contributed by atoms with van der Waals surface area (Å²) in [6.07, 6.45) is 32.3. The molecule has 0 saturated heterocycles. The van der Waals surface area contributed by atoms with E-state index in [4.69, 9.17) is 37.0 Å². The minimum atomic E-state index is -4.93. The Morgan fingerprint density at radius 3 is 0.895 bits per heavy atom. The number of esters is 4. The van der Waals surface area contributed by atoms with E-state index in [-0.39, 0.29) is 25.7 Å². The van der Waals surface area contributed by atoms with E-state index in [1.165, 1.54) is 83.5 Å². The summed E-state index contributed by atoms with van der Waals surface area (Å²) in [5, 5.41) is 10.5. The van der Waals surface area contributed by atoms with Gasteiger partial charge in [0.15, 0.2) is 12.2 Å².